The van der Waals surface area contributed by atoms with Crippen LogP contribution in [-0.2, 0) is 19.6 Å². The molecule has 0 unspecified atom stereocenters. The minimum Gasteiger partial charge on any atom is -0.465 e. The molecule has 0 radical (unpaired) electrons. The van der Waals surface area contributed by atoms with Crippen LogP contribution in [0.4, 0.5) is 0 Å². The molecule has 8 heteroatoms. The van der Waals surface area contributed by atoms with E-state index in [0.29, 0.717) is 18.6 Å². The molecule has 1 saturated heterocycles. The molecule has 7 nitrogen and oxygen atoms in total. The van der Waals surface area contributed by atoms with E-state index in [2.05, 4.69) is 4.74 Å². The number of carbonyl (C=O) groups is 2. The summed E-state index contributed by atoms with van der Waals surface area (Å²) in [6, 6.07) is 13.2. The molecule has 1 aliphatic heterocycles. The number of esters is 2. The fourth-order valence-electron chi connectivity index (χ4n) is 3.32. The molecule has 0 spiro atoms. The van der Waals surface area contributed by atoms with Gasteiger partial charge in [0.05, 0.1) is 23.5 Å². The van der Waals surface area contributed by atoms with Crippen molar-refractivity contribution in [3.63, 3.8) is 0 Å². The molecule has 0 N–H and O–H groups in total. The number of carbonyl (C=O) groups excluding carboxylic acids is 2. The average Bonchev–Trinajstić information content (AvgIpc) is 2.73. The Balaban J connectivity index is 1.69. The number of aryl methyl sites for hydroxylation is 1. The third kappa shape index (κ3) is 4.65. The lowest BCUT2D eigenvalue weighted by Crippen LogP contribution is -2.41. The topological polar surface area (TPSA) is 90.0 Å². The Labute approximate surface area is 170 Å². The van der Waals surface area contributed by atoms with Gasteiger partial charge in [0.15, 0.2) is 0 Å². The fraction of sp³-hybridized carbons (Fsp3) is 0.333. The van der Waals surface area contributed by atoms with Crippen molar-refractivity contribution in [2.24, 2.45) is 5.92 Å². The zero-order valence-corrected chi connectivity index (χ0v) is 17.1. The van der Waals surface area contributed by atoms with Gasteiger partial charge in [-0.1, -0.05) is 24.3 Å². The summed E-state index contributed by atoms with van der Waals surface area (Å²) in [6.45, 7) is 2.25. The van der Waals surface area contributed by atoms with Crippen molar-refractivity contribution < 1.29 is 27.5 Å². The molecule has 2 aromatic rings. The quantitative estimate of drug-likeness (QED) is 0.549. The first-order valence-corrected chi connectivity index (χ1v) is 10.7. The molecule has 1 fully saturated rings. The van der Waals surface area contributed by atoms with E-state index < -0.39 is 16.0 Å². The van der Waals surface area contributed by atoms with Crippen molar-refractivity contribution in [2.45, 2.75) is 24.7 Å². The fourth-order valence-corrected chi connectivity index (χ4v) is 4.97. The van der Waals surface area contributed by atoms with Crippen LogP contribution >= 0.6 is 0 Å². The first-order chi connectivity index (χ1) is 13.8. The van der Waals surface area contributed by atoms with Crippen molar-refractivity contribution in [1.29, 1.82) is 0 Å². The predicted octanol–water partition coefficient (Wildman–Crippen LogP) is 2.79. The standard InChI is InChI=1S/C21H23NO6S/c1-15-6-5-7-17(14-15)28-20(23)16-10-12-22(13-11-16)29(25,26)19-9-4-3-8-18(19)21(24)27-2/h3-9,14,16H,10-13H2,1-2H3. The lowest BCUT2D eigenvalue weighted by atomic mass is 9.98. The molecule has 0 bridgehead atoms. The zero-order valence-electron chi connectivity index (χ0n) is 16.3. The minimum absolute atomic E-state index is 0.00372. The van der Waals surface area contributed by atoms with Crippen molar-refractivity contribution in [2.75, 3.05) is 20.2 Å². The van der Waals surface area contributed by atoms with E-state index >= 15 is 0 Å². The zero-order chi connectivity index (χ0) is 21.0. The highest BCUT2D eigenvalue weighted by Crippen LogP contribution is 2.27. The molecule has 29 heavy (non-hydrogen) atoms. The van der Waals surface area contributed by atoms with E-state index in [1.807, 2.05) is 19.1 Å². The van der Waals surface area contributed by atoms with Crippen LogP contribution in [0.1, 0.15) is 28.8 Å². The number of ether oxygens (including phenoxy) is 2. The molecule has 0 atom stereocenters. The maximum atomic E-state index is 13.0. The second-order valence-electron chi connectivity index (χ2n) is 6.90. The third-order valence-corrected chi connectivity index (χ3v) is 6.86. The van der Waals surface area contributed by atoms with Gasteiger partial charge in [-0.2, -0.15) is 4.31 Å². The van der Waals surface area contributed by atoms with Gasteiger partial charge >= 0.3 is 11.9 Å². The van der Waals surface area contributed by atoms with E-state index in [4.69, 9.17) is 4.74 Å². The number of benzene rings is 2. The van der Waals surface area contributed by atoms with Gasteiger partial charge in [-0.15, -0.1) is 0 Å². The van der Waals surface area contributed by atoms with Crippen molar-refractivity contribution in [3.8, 4) is 5.75 Å². The highest BCUT2D eigenvalue weighted by atomic mass is 32.2. The summed E-state index contributed by atoms with van der Waals surface area (Å²) in [7, 11) is -2.68. The Hall–Kier alpha value is -2.71. The van der Waals surface area contributed by atoms with E-state index in [-0.39, 0.29) is 35.4 Å². The lowest BCUT2D eigenvalue weighted by molar-refractivity contribution is -0.140. The van der Waals surface area contributed by atoms with E-state index in [0.717, 1.165) is 5.56 Å². The van der Waals surface area contributed by atoms with Crippen LogP contribution in [0.15, 0.2) is 53.4 Å². The summed E-state index contributed by atoms with van der Waals surface area (Å²) < 4.78 is 37.5. The van der Waals surface area contributed by atoms with Crippen molar-refractivity contribution in [1.82, 2.24) is 4.31 Å². The van der Waals surface area contributed by atoms with E-state index in [1.165, 1.54) is 23.5 Å². The number of piperidine rings is 1. The number of sulfonamides is 1. The van der Waals surface area contributed by atoms with Crippen LogP contribution in [-0.4, -0.2) is 44.9 Å². The van der Waals surface area contributed by atoms with Gasteiger partial charge in [-0.25, -0.2) is 13.2 Å². The van der Waals surface area contributed by atoms with E-state index in [9.17, 15) is 18.0 Å². The largest absolute Gasteiger partial charge is 0.465 e. The molecule has 154 valence electrons. The smallest absolute Gasteiger partial charge is 0.339 e. The van der Waals surface area contributed by atoms with Crippen molar-refractivity contribution >= 4 is 22.0 Å². The third-order valence-electron chi connectivity index (χ3n) is 4.91. The molecule has 2 aromatic carbocycles. The molecule has 0 aromatic heterocycles. The van der Waals surface area contributed by atoms with Crippen LogP contribution in [0.25, 0.3) is 0 Å². The number of hydrogen-bond donors (Lipinski definition) is 0. The Kier molecular flexibility index (Phi) is 6.34. The first-order valence-electron chi connectivity index (χ1n) is 9.29. The number of rotatable bonds is 5. The van der Waals surface area contributed by atoms with Gasteiger partial charge in [0.2, 0.25) is 10.0 Å². The van der Waals surface area contributed by atoms with Crippen LogP contribution < -0.4 is 4.74 Å². The van der Waals surface area contributed by atoms with Crippen LogP contribution in [0, 0.1) is 12.8 Å². The Bertz CT molecular complexity index is 1010. The van der Waals surface area contributed by atoms with Crippen LogP contribution in [0.2, 0.25) is 0 Å². The van der Waals surface area contributed by atoms with Crippen molar-refractivity contribution in [3.05, 3.63) is 59.7 Å². The number of nitrogens with zero attached hydrogens (tertiary/aromatic N) is 1. The minimum atomic E-state index is -3.88. The Morgan fingerprint density at radius 1 is 1.03 bits per heavy atom. The molecular weight excluding hydrogens is 394 g/mol. The molecular formula is C21H23NO6S. The van der Waals surface area contributed by atoms with Crippen LogP contribution in [0.5, 0.6) is 5.75 Å². The molecule has 1 heterocycles. The summed E-state index contributed by atoms with van der Waals surface area (Å²) >= 11 is 0. The lowest BCUT2D eigenvalue weighted by Gasteiger charge is -2.30. The summed E-state index contributed by atoms with van der Waals surface area (Å²) in [5.74, 6) is -0.960. The van der Waals surface area contributed by atoms with Gasteiger partial charge in [0.1, 0.15) is 5.75 Å². The second-order valence-corrected chi connectivity index (χ2v) is 8.81. The summed E-state index contributed by atoms with van der Waals surface area (Å²) in [5.41, 5.74) is 0.983. The van der Waals surface area contributed by atoms with Crippen LogP contribution in [0.3, 0.4) is 0 Å². The molecule has 0 saturated carbocycles. The van der Waals surface area contributed by atoms with Gasteiger partial charge < -0.3 is 9.47 Å². The normalized spacial score (nSPS) is 15.7. The van der Waals surface area contributed by atoms with E-state index in [1.54, 1.807) is 24.3 Å². The molecule has 3 rings (SSSR count). The average molecular weight is 417 g/mol. The second kappa shape index (κ2) is 8.75. The summed E-state index contributed by atoms with van der Waals surface area (Å²) in [5, 5.41) is 0. The summed E-state index contributed by atoms with van der Waals surface area (Å²) in [4.78, 5) is 24.3. The maximum absolute atomic E-state index is 13.0. The monoisotopic (exact) mass is 417 g/mol. The molecule has 0 amide bonds. The van der Waals surface area contributed by atoms with Gasteiger partial charge in [0.25, 0.3) is 0 Å². The van der Waals surface area contributed by atoms with Gasteiger partial charge in [-0.05, 0) is 49.6 Å². The molecule has 0 aliphatic carbocycles. The first kappa shape index (κ1) is 21.0. The highest BCUT2D eigenvalue weighted by molar-refractivity contribution is 7.89. The Morgan fingerprint density at radius 3 is 2.38 bits per heavy atom. The predicted molar refractivity (Wildman–Crippen MR) is 106 cm³/mol. The maximum Gasteiger partial charge on any atom is 0.339 e. The van der Waals surface area contributed by atoms with Gasteiger partial charge in [0, 0.05) is 13.1 Å². The van der Waals surface area contributed by atoms with Gasteiger partial charge in [-0.3, -0.25) is 4.79 Å². The Morgan fingerprint density at radius 2 is 1.72 bits per heavy atom. The molecule has 1 aliphatic rings. The summed E-state index contributed by atoms with van der Waals surface area (Å²) in [6.07, 6.45) is 0.703. The highest BCUT2D eigenvalue weighted by Gasteiger charge is 2.35. The SMILES string of the molecule is COC(=O)c1ccccc1S(=O)(=O)N1CCC(C(=O)Oc2cccc(C)c2)CC1. The number of methoxy groups -OCH3 is 1. The number of hydrogen-bond acceptors (Lipinski definition) is 6.